The van der Waals surface area contributed by atoms with Crippen LogP contribution in [-0.2, 0) is 18.2 Å². The molecule has 0 saturated heterocycles. The molecule has 0 saturated carbocycles. The van der Waals surface area contributed by atoms with Crippen LogP contribution in [0.1, 0.15) is 19.4 Å². The van der Waals surface area contributed by atoms with Gasteiger partial charge in [-0.15, -0.1) is 0 Å². The molecule has 0 aliphatic rings. The summed E-state index contributed by atoms with van der Waals surface area (Å²) in [4.78, 5) is 12.0. The first-order chi connectivity index (χ1) is 10.5. The minimum Gasteiger partial charge on any atom is -0.489 e. The van der Waals surface area contributed by atoms with Crippen molar-refractivity contribution in [3.63, 3.8) is 0 Å². The van der Waals surface area contributed by atoms with E-state index in [9.17, 15) is 9.18 Å². The molecule has 120 valence electrons. The molecule has 1 aromatic carbocycles. The van der Waals surface area contributed by atoms with Gasteiger partial charge in [0.15, 0.2) is 0 Å². The first kappa shape index (κ1) is 16.2. The topological polar surface area (TPSA) is 71.2 Å². The Labute approximate surface area is 127 Å². The van der Waals surface area contributed by atoms with Crippen molar-refractivity contribution in [2.24, 2.45) is 7.05 Å². The van der Waals surface area contributed by atoms with Crippen molar-refractivity contribution in [1.29, 1.82) is 0 Å². The van der Waals surface area contributed by atoms with Gasteiger partial charge in [0, 0.05) is 20.2 Å². The summed E-state index contributed by atoms with van der Waals surface area (Å²) in [6, 6.07) is 2.82. The Morgan fingerprint density at radius 2 is 2.09 bits per heavy atom. The average Bonchev–Trinajstić information content (AvgIpc) is 2.84. The molecule has 0 fully saturated rings. The molecule has 0 unspecified atom stereocenters. The van der Waals surface area contributed by atoms with Gasteiger partial charge in [-0.25, -0.2) is 9.18 Å². The van der Waals surface area contributed by atoms with Crippen LogP contribution in [0.15, 0.2) is 16.9 Å². The molecular weight excluding hydrogens is 291 g/mol. The molecule has 1 atom stereocenters. The number of rotatable bonds is 6. The van der Waals surface area contributed by atoms with Crippen molar-refractivity contribution >= 4 is 0 Å². The number of ether oxygens (including phenoxy) is 2. The fourth-order valence-electron chi connectivity index (χ4n) is 1.88. The second kappa shape index (κ2) is 6.69. The van der Waals surface area contributed by atoms with Crippen molar-refractivity contribution in [3.8, 4) is 11.4 Å². The average molecular weight is 310 g/mol. The first-order valence-corrected chi connectivity index (χ1v) is 6.95. The van der Waals surface area contributed by atoms with E-state index in [1.54, 1.807) is 13.2 Å². The van der Waals surface area contributed by atoms with E-state index in [0.717, 1.165) is 9.36 Å². The second-order valence-corrected chi connectivity index (χ2v) is 4.92. The Morgan fingerprint density at radius 3 is 2.64 bits per heavy atom. The molecule has 0 spiro atoms. The van der Waals surface area contributed by atoms with Gasteiger partial charge in [-0.1, -0.05) is 6.92 Å². The normalized spacial score (nSPS) is 12.4. The number of benzene rings is 1. The lowest BCUT2D eigenvalue weighted by Crippen LogP contribution is -2.23. The van der Waals surface area contributed by atoms with Gasteiger partial charge in [-0.3, -0.25) is 0 Å². The van der Waals surface area contributed by atoms with Crippen LogP contribution >= 0.6 is 0 Å². The third-order valence-electron chi connectivity index (χ3n) is 3.33. The van der Waals surface area contributed by atoms with Crippen molar-refractivity contribution in [2.45, 2.75) is 26.4 Å². The maximum atomic E-state index is 14.0. The van der Waals surface area contributed by atoms with E-state index in [2.05, 4.69) is 10.4 Å². The lowest BCUT2D eigenvalue weighted by atomic mass is 10.1. The summed E-state index contributed by atoms with van der Waals surface area (Å²) in [6.07, 6.45) is 0.322. The lowest BCUT2D eigenvalue weighted by molar-refractivity contribution is 0.0714. The molecule has 0 N–H and O–H groups in total. The molecular formula is C14H19FN4O3. The molecule has 0 amide bonds. The van der Waals surface area contributed by atoms with E-state index in [1.165, 1.54) is 13.1 Å². The van der Waals surface area contributed by atoms with E-state index in [0.29, 0.717) is 17.7 Å². The first-order valence-electron chi connectivity index (χ1n) is 6.95. The summed E-state index contributed by atoms with van der Waals surface area (Å²) in [6.45, 7) is 3.88. The predicted octanol–water partition coefficient (Wildman–Crippen LogP) is 1.08. The standard InChI is InChI=1S/C14H19FN4O3/c1-5-10-6-12(19-14(20)18(3)16-17-19)13(7-11(10)15)22-8-9(2)21-4/h6-7,9H,5,8H2,1-4H3/t9-/m0/s1. The smallest absolute Gasteiger partial charge is 0.368 e. The molecule has 22 heavy (non-hydrogen) atoms. The summed E-state index contributed by atoms with van der Waals surface area (Å²) in [5.74, 6) is -0.163. The van der Waals surface area contributed by atoms with Crippen LogP contribution in [0.25, 0.3) is 5.69 Å². The zero-order valence-corrected chi connectivity index (χ0v) is 13.0. The molecule has 2 rings (SSSR count). The Bertz CT molecular complexity index is 711. The molecule has 8 heteroatoms. The number of tetrazole rings is 1. The van der Waals surface area contributed by atoms with Gasteiger partial charge in [-0.05, 0) is 35.4 Å². The summed E-state index contributed by atoms with van der Waals surface area (Å²) in [5, 5.41) is 7.45. The second-order valence-electron chi connectivity index (χ2n) is 4.92. The maximum absolute atomic E-state index is 14.0. The zero-order valence-electron chi connectivity index (χ0n) is 13.0. The minimum atomic E-state index is -0.432. The van der Waals surface area contributed by atoms with Gasteiger partial charge < -0.3 is 9.47 Å². The van der Waals surface area contributed by atoms with E-state index >= 15 is 0 Å². The SMILES string of the molecule is CCc1cc(-n2nnn(C)c2=O)c(OC[C@H](C)OC)cc1F. The number of hydrogen-bond donors (Lipinski definition) is 0. The van der Waals surface area contributed by atoms with Crippen LogP contribution in [0.2, 0.25) is 0 Å². The molecule has 2 aromatic rings. The van der Waals surface area contributed by atoms with Crippen LogP contribution in [-0.4, -0.2) is 39.6 Å². The summed E-state index contributed by atoms with van der Waals surface area (Å²) < 4.78 is 26.9. The van der Waals surface area contributed by atoms with Gasteiger partial charge in [0.05, 0.1) is 6.10 Å². The highest BCUT2D eigenvalue weighted by atomic mass is 19.1. The fraction of sp³-hybridized carbons (Fsp3) is 0.500. The van der Waals surface area contributed by atoms with Gasteiger partial charge >= 0.3 is 5.69 Å². The number of halogens is 1. The predicted molar refractivity (Wildman–Crippen MR) is 77.9 cm³/mol. The quantitative estimate of drug-likeness (QED) is 0.798. The Balaban J connectivity index is 2.49. The summed E-state index contributed by atoms with van der Waals surface area (Å²) in [5.41, 5.74) is 0.401. The highest BCUT2D eigenvalue weighted by Crippen LogP contribution is 2.26. The maximum Gasteiger partial charge on any atom is 0.368 e. The molecule has 0 aliphatic carbocycles. The molecule has 1 heterocycles. The number of nitrogens with zero attached hydrogens (tertiary/aromatic N) is 4. The summed E-state index contributed by atoms with van der Waals surface area (Å²) >= 11 is 0. The summed E-state index contributed by atoms with van der Waals surface area (Å²) in [7, 11) is 3.05. The van der Waals surface area contributed by atoms with Gasteiger partial charge in [0.25, 0.3) is 0 Å². The highest BCUT2D eigenvalue weighted by molar-refractivity contribution is 5.49. The number of methoxy groups -OCH3 is 1. The molecule has 1 aromatic heterocycles. The Kier molecular flexibility index (Phi) is 4.92. The lowest BCUT2D eigenvalue weighted by Gasteiger charge is -2.15. The third-order valence-corrected chi connectivity index (χ3v) is 3.33. The molecule has 0 aliphatic heterocycles. The van der Waals surface area contributed by atoms with Gasteiger partial charge in [0.2, 0.25) is 0 Å². The van der Waals surface area contributed by atoms with Crippen molar-refractivity contribution in [3.05, 3.63) is 34.0 Å². The van der Waals surface area contributed by atoms with E-state index in [1.807, 2.05) is 13.8 Å². The monoisotopic (exact) mass is 310 g/mol. The van der Waals surface area contributed by atoms with E-state index < -0.39 is 5.69 Å². The third kappa shape index (κ3) is 3.16. The minimum absolute atomic E-state index is 0.166. The molecule has 0 bridgehead atoms. The highest BCUT2D eigenvalue weighted by Gasteiger charge is 2.16. The van der Waals surface area contributed by atoms with E-state index in [-0.39, 0.29) is 24.3 Å². The number of aromatic nitrogens is 4. The van der Waals surface area contributed by atoms with Crippen molar-refractivity contribution in [1.82, 2.24) is 19.8 Å². The van der Waals surface area contributed by atoms with E-state index in [4.69, 9.17) is 9.47 Å². The largest absolute Gasteiger partial charge is 0.489 e. The van der Waals surface area contributed by atoms with Crippen LogP contribution in [0.5, 0.6) is 5.75 Å². The van der Waals surface area contributed by atoms with Crippen molar-refractivity contribution in [2.75, 3.05) is 13.7 Å². The van der Waals surface area contributed by atoms with Crippen LogP contribution in [0.4, 0.5) is 4.39 Å². The Hall–Kier alpha value is -2.22. The van der Waals surface area contributed by atoms with Crippen LogP contribution in [0.3, 0.4) is 0 Å². The van der Waals surface area contributed by atoms with Gasteiger partial charge in [-0.2, -0.15) is 9.36 Å². The molecule has 7 nitrogen and oxygen atoms in total. The van der Waals surface area contributed by atoms with Crippen LogP contribution < -0.4 is 10.4 Å². The number of aryl methyl sites for hydroxylation is 2. The molecule has 0 radical (unpaired) electrons. The van der Waals surface area contributed by atoms with Crippen LogP contribution in [0, 0.1) is 5.82 Å². The Morgan fingerprint density at radius 1 is 1.36 bits per heavy atom. The number of hydrogen-bond acceptors (Lipinski definition) is 5. The zero-order chi connectivity index (χ0) is 16.3. The van der Waals surface area contributed by atoms with Crippen molar-refractivity contribution < 1.29 is 13.9 Å². The van der Waals surface area contributed by atoms with Gasteiger partial charge in [0.1, 0.15) is 23.9 Å². The fourth-order valence-corrected chi connectivity index (χ4v) is 1.88.